The highest BCUT2D eigenvalue weighted by Crippen LogP contribution is 2.29. The summed E-state index contributed by atoms with van der Waals surface area (Å²) in [5.41, 5.74) is 3.89. The van der Waals surface area contributed by atoms with Crippen LogP contribution in [0.2, 0.25) is 0 Å². The molecule has 2 aliphatic heterocycles. The average molecular weight is 581 g/mol. The molecule has 2 N–H and O–H groups in total. The van der Waals surface area contributed by atoms with Crippen molar-refractivity contribution < 1.29 is 27.1 Å². The molecule has 5 rings (SSSR count). The van der Waals surface area contributed by atoms with Gasteiger partial charge in [-0.25, -0.2) is 14.1 Å². The maximum absolute atomic E-state index is 14.7. The monoisotopic (exact) mass is 580 g/mol. The largest absolute Gasteiger partial charge is 0.486 e. The molecule has 3 aromatic carbocycles. The summed E-state index contributed by atoms with van der Waals surface area (Å²) in [4.78, 5) is 28.6. The van der Waals surface area contributed by atoms with Crippen molar-refractivity contribution in [3.05, 3.63) is 99.7 Å². The first kappa shape index (κ1) is 27.6. The number of thioether (sulfide) groups is 1. The van der Waals surface area contributed by atoms with E-state index in [0.29, 0.717) is 26.9 Å². The van der Waals surface area contributed by atoms with Gasteiger partial charge in [0.1, 0.15) is 6.61 Å². The van der Waals surface area contributed by atoms with Crippen molar-refractivity contribution in [1.29, 1.82) is 0 Å². The van der Waals surface area contributed by atoms with Crippen molar-refractivity contribution in [1.82, 2.24) is 14.3 Å². The quantitative estimate of drug-likeness (QED) is 0.389. The molecule has 0 spiro atoms. The summed E-state index contributed by atoms with van der Waals surface area (Å²) < 4.78 is 47.1. The van der Waals surface area contributed by atoms with Gasteiger partial charge in [-0.2, -0.15) is 12.7 Å². The van der Waals surface area contributed by atoms with E-state index in [4.69, 9.17) is 4.74 Å². The summed E-state index contributed by atoms with van der Waals surface area (Å²) in [6.45, 7) is 2.14. The predicted molar refractivity (Wildman–Crippen MR) is 151 cm³/mol. The Labute approximate surface area is 235 Å². The zero-order valence-electron chi connectivity index (χ0n) is 21.4. The highest BCUT2D eigenvalue weighted by atomic mass is 32.2. The molecule has 0 atom stereocenters. The minimum Gasteiger partial charge on any atom is -0.486 e. The van der Waals surface area contributed by atoms with Gasteiger partial charge >= 0.3 is 10.2 Å². The topological polar surface area (TPSA) is 117 Å². The fraction of sp³-hybridized carbons (Fsp3) is 0.179. The summed E-state index contributed by atoms with van der Waals surface area (Å²) >= 11 is 1.12. The fourth-order valence-corrected chi connectivity index (χ4v) is 5.94. The number of benzene rings is 3. The normalized spacial score (nSPS) is 18.8. The Hall–Kier alpha value is -4.00. The molecule has 2 saturated heterocycles. The maximum atomic E-state index is 14.7. The lowest BCUT2D eigenvalue weighted by Gasteiger charge is -2.12. The number of amides is 2. The van der Waals surface area contributed by atoms with E-state index in [0.717, 1.165) is 28.1 Å². The summed E-state index contributed by atoms with van der Waals surface area (Å²) in [5.74, 6) is -1.32. The van der Waals surface area contributed by atoms with E-state index in [-0.39, 0.29) is 31.4 Å². The van der Waals surface area contributed by atoms with Crippen LogP contribution in [0.3, 0.4) is 0 Å². The van der Waals surface area contributed by atoms with Crippen LogP contribution in [0, 0.1) is 5.82 Å². The molecule has 2 aliphatic rings. The van der Waals surface area contributed by atoms with Gasteiger partial charge in [-0.15, -0.1) is 0 Å². The van der Waals surface area contributed by atoms with Gasteiger partial charge in [0.2, 0.25) is 5.91 Å². The van der Waals surface area contributed by atoms with Crippen LogP contribution < -0.4 is 14.8 Å². The number of hydrogen-bond donors (Lipinski definition) is 2. The van der Waals surface area contributed by atoms with Crippen LogP contribution in [0.5, 0.6) is 5.75 Å². The van der Waals surface area contributed by atoms with E-state index < -0.39 is 21.9 Å². The van der Waals surface area contributed by atoms with Crippen molar-refractivity contribution in [2.24, 2.45) is 4.99 Å². The average Bonchev–Trinajstić information content (AvgIpc) is 3.40. The fourth-order valence-electron chi connectivity index (χ4n) is 4.01. The Morgan fingerprint density at radius 1 is 1.02 bits per heavy atom. The van der Waals surface area contributed by atoms with E-state index >= 15 is 0 Å². The zero-order chi connectivity index (χ0) is 28.3. The van der Waals surface area contributed by atoms with E-state index in [1.54, 1.807) is 36.4 Å². The first-order chi connectivity index (χ1) is 19.2. The van der Waals surface area contributed by atoms with Crippen molar-refractivity contribution >= 4 is 50.7 Å². The van der Waals surface area contributed by atoms with Crippen LogP contribution in [0.15, 0.2) is 76.6 Å². The van der Waals surface area contributed by atoms with E-state index in [1.165, 1.54) is 17.7 Å². The number of hydrogen-bond acceptors (Lipinski definition) is 7. The molecular weight excluding hydrogens is 555 g/mol. The van der Waals surface area contributed by atoms with Gasteiger partial charge in [-0.1, -0.05) is 49.4 Å². The standard InChI is InChI=1S/C28H25FN4O5S2/c1-2-18-3-5-20(6-4-18)17-38-24-12-9-21(13-23(24)29)14-25-27(35)31-28(39-25)30-22-10-7-19(8-11-22)15-33-16-26(34)32-40(33,36)37/h3-14H,2,15-17H2,1H3,(H,32,34)(H,30,31,35)/b25-14-. The molecule has 0 unspecified atom stereocenters. The number of nitrogens with one attached hydrogen (secondary N) is 2. The van der Waals surface area contributed by atoms with Crippen molar-refractivity contribution in [2.45, 2.75) is 26.5 Å². The third kappa shape index (κ3) is 6.58. The molecule has 2 fully saturated rings. The summed E-state index contributed by atoms with van der Waals surface area (Å²) in [5, 5.41) is 3.05. The van der Waals surface area contributed by atoms with Crippen LogP contribution in [0.1, 0.15) is 29.2 Å². The SMILES string of the molecule is CCc1ccc(COc2ccc(/C=C3\SC(=Nc4ccc(CN5CC(=O)NS5(=O)=O)cc4)NC3=O)cc2F)cc1. The van der Waals surface area contributed by atoms with Crippen LogP contribution in [-0.4, -0.2) is 36.2 Å². The number of nitrogens with zero attached hydrogens (tertiary/aromatic N) is 2. The van der Waals surface area contributed by atoms with Gasteiger partial charge in [0.05, 0.1) is 17.1 Å². The summed E-state index contributed by atoms with van der Waals surface area (Å²) in [6, 6.07) is 19.2. The predicted octanol–water partition coefficient (Wildman–Crippen LogP) is 4.04. The Morgan fingerprint density at radius 2 is 1.73 bits per heavy atom. The van der Waals surface area contributed by atoms with E-state index in [9.17, 15) is 22.4 Å². The highest BCUT2D eigenvalue weighted by Gasteiger charge is 2.33. The Bertz CT molecular complexity index is 1620. The lowest BCUT2D eigenvalue weighted by Crippen LogP contribution is -2.29. The molecule has 40 heavy (non-hydrogen) atoms. The van der Waals surface area contributed by atoms with Crippen molar-refractivity contribution in [3.8, 4) is 5.75 Å². The molecule has 0 saturated carbocycles. The zero-order valence-corrected chi connectivity index (χ0v) is 23.0. The third-order valence-corrected chi connectivity index (χ3v) is 8.49. The van der Waals surface area contributed by atoms with Crippen LogP contribution in [-0.2, 0) is 39.4 Å². The van der Waals surface area contributed by atoms with Gasteiger partial charge in [-0.3, -0.25) is 9.59 Å². The number of amidine groups is 1. The Morgan fingerprint density at radius 3 is 2.38 bits per heavy atom. The number of ether oxygens (including phenoxy) is 1. The summed E-state index contributed by atoms with van der Waals surface area (Å²) in [6.07, 6.45) is 2.52. The second-order valence-corrected chi connectivity index (χ2v) is 11.8. The number of aryl methyl sites for hydroxylation is 1. The van der Waals surface area contributed by atoms with Crippen LogP contribution in [0.25, 0.3) is 6.08 Å². The number of carbonyl (C=O) groups excluding carboxylic acids is 2. The summed E-state index contributed by atoms with van der Waals surface area (Å²) in [7, 11) is -3.80. The van der Waals surface area contributed by atoms with E-state index in [2.05, 4.69) is 17.2 Å². The van der Waals surface area contributed by atoms with Gasteiger partial charge in [0.15, 0.2) is 16.7 Å². The van der Waals surface area contributed by atoms with Crippen LogP contribution >= 0.6 is 11.8 Å². The van der Waals surface area contributed by atoms with Gasteiger partial charge in [-0.05, 0) is 70.8 Å². The first-order valence-electron chi connectivity index (χ1n) is 12.4. The van der Waals surface area contributed by atoms with Gasteiger partial charge < -0.3 is 10.1 Å². The molecule has 0 radical (unpaired) electrons. The van der Waals surface area contributed by atoms with Crippen molar-refractivity contribution in [2.75, 3.05) is 6.54 Å². The molecule has 0 bridgehead atoms. The van der Waals surface area contributed by atoms with E-state index in [1.807, 2.05) is 29.0 Å². The Kier molecular flexibility index (Phi) is 8.01. The number of rotatable bonds is 8. The number of halogens is 1. The number of carbonyl (C=O) groups is 2. The maximum Gasteiger partial charge on any atom is 0.304 e. The smallest absolute Gasteiger partial charge is 0.304 e. The molecule has 12 heteroatoms. The lowest BCUT2D eigenvalue weighted by atomic mass is 10.1. The lowest BCUT2D eigenvalue weighted by molar-refractivity contribution is -0.118. The molecule has 0 aromatic heterocycles. The molecular formula is C28H25FN4O5S2. The molecule has 9 nitrogen and oxygen atoms in total. The number of aliphatic imine (C=N–C) groups is 1. The molecule has 206 valence electrons. The molecule has 0 aliphatic carbocycles. The third-order valence-electron chi connectivity index (χ3n) is 6.16. The minimum atomic E-state index is -3.80. The minimum absolute atomic E-state index is 0.0444. The Balaban J connectivity index is 1.20. The van der Waals surface area contributed by atoms with Gasteiger partial charge in [0, 0.05) is 6.54 Å². The van der Waals surface area contributed by atoms with Crippen molar-refractivity contribution in [3.63, 3.8) is 0 Å². The molecule has 2 heterocycles. The second-order valence-electron chi connectivity index (χ2n) is 9.10. The van der Waals surface area contributed by atoms with Gasteiger partial charge in [0.25, 0.3) is 5.91 Å². The highest BCUT2D eigenvalue weighted by molar-refractivity contribution is 8.18. The second kappa shape index (κ2) is 11.6. The molecule has 3 aromatic rings. The first-order valence-corrected chi connectivity index (χ1v) is 14.6. The molecule has 2 amide bonds. The van der Waals surface area contributed by atoms with Crippen LogP contribution in [0.4, 0.5) is 10.1 Å².